The molecule has 0 aromatic rings. The van der Waals surface area contributed by atoms with E-state index in [0.29, 0.717) is 13.0 Å². The Morgan fingerprint density at radius 2 is 1.13 bits per heavy atom. The highest BCUT2D eigenvalue weighted by atomic mass is 31.2. The lowest BCUT2D eigenvalue weighted by molar-refractivity contribution is -0.154. The molecule has 0 radical (unpaired) electrons. The number of esters is 1. The number of carbonyl (C=O) groups excluding carboxylic acids is 1. The number of rotatable bonds is 37. The van der Waals surface area contributed by atoms with Gasteiger partial charge in [0, 0.05) is 19.6 Å². The molecule has 0 aromatic heterocycles. The largest absolute Gasteiger partial charge is 0.472 e. The van der Waals surface area contributed by atoms with E-state index in [2.05, 4.69) is 38.2 Å². The van der Waals surface area contributed by atoms with Gasteiger partial charge in [0.05, 0.1) is 19.8 Å². The summed E-state index contributed by atoms with van der Waals surface area (Å²) in [6, 6.07) is 0. The Bertz CT molecular complexity index is 777. The van der Waals surface area contributed by atoms with Crippen molar-refractivity contribution in [2.24, 2.45) is 5.73 Å². The van der Waals surface area contributed by atoms with Crippen molar-refractivity contribution in [3.63, 3.8) is 0 Å². The standard InChI is InChI=1S/C38H74NO7P/c1-3-5-7-9-11-13-15-17-18-19-20-22-24-26-28-30-33-43-35-37(36-45-47(41,42)44-34-32-39)46-38(40)31-29-27-25-23-21-16-14-12-10-8-6-4-2/h11,13,17-18,37H,3-10,12,14-16,19-36,39H2,1-2H3,(H,41,42)/b13-11-,18-17-. The lowest BCUT2D eigenvalue weighted by Crippen LogP contribution is -2.28. The van der Waals surface area contributed by atoms with Crippen molar-refractivity contribution >= 4 is 13.8 Å². The number of hydrogen-bond acceptors (Lipinski definition) is 7. The van der Waals surface area contributed by atoms with Gasteiger partial charge in [-0.25, -0.2) is 4.57 Å². The van der Waals surface area contributed by atoms with Crippen LogP contribution in [0.4, 0.5) is 0 Å². The molecule has 0 saturated carbocycles. The summed E-state index contributed by atoms with van der Waals surface area (Å²) in [5, 5.41) is 0. The number of nitrogens with two attached hydrogens (primary N) is 1. The Kier molecular flexibility index (Phi) is 35.5. The molecule has 0 bridgehead atoms. The average molecular weight is 688 g/mol. The van der Waals surface area contributed by atoms with E-state index in [-0.39, 0.29) is 32.3 Å². The minimum absolute atomic E-state index is 0.0960. The van der Waals surface area contributed by atoms with E-state index in [0.717, 1.165) is 44.9 Å². The van der Waals surface area contributed by atoms with E-state index < -0.39 is 13.9 Å². The molecule has 0 aliphatic carbocycles. The highest BCUT2D eigenvalue weighted by Crippen LogP contribution is 2.43. The second-order valence-electron chi connectivity index (χ2n) is 12.8. The molecule has 9 heteroatoms. The Morgan fingerprint density at radius 3 is 1.70 bits per heavy atom. The first kappa shape index (κ1) is 46.0. The van der Waals surface area contributed by atoms with Crippen molar-refractivity contribution < 1.29 is 32.8 Å². The van der Waals surface area contributed by atoms with Gasteiger partial charge in [-0.05, 0) is 44.9 Å². The van der Waals surface area contributed by atoms with E-state index in [1.165, 1.54) is 109 Å². The maximum Gasteiger partial charge on any atom is 0.472 e. The van der Waals surface area contributed by atoms with Gasteiger partial charge in [-0.15, -0.1) is 0 Å². The molecule has 47 heavy (non-hydrogen) atoms. The fourth-order valence-electron chi connectivity index (χ4n) is 5.26. The molecular formula is C38H74NO7P. The summed E-state index contributed by atoms with van der Waals surface area (Å²) < 4.78 is 33.3. The first-order chi connectivity index (χ1) is 22.9. The summed E-state index contributed by atoms with van der Waals surface area (Å²) in [5.41, 5.74) is 5.35. The summed E-state index contributed by atoms with van der Waals surface area (Å²) >= 11 is 0. The van der Waals surface area contributed by atoms with E-state index in [4.69, 9.17) is 24.3 Å². The van der Waals surface area contributed by atoms with E-state index in [9.17, 15) is 14.3 Å². The normalized spacial score (nSPS) is 13.9. The minimum atomic E-state index is -4.27. The van der Waals surface area contributed by atoms with Gasteiger partial charge in [-0.3, -0.25) is 13.8 Å². The molecule has 0 aromatic carbocycles. The van der Waals surface area contributed by atoms with Crippen molar-refractivity contribution in [2.75, 3.05) is 33.0 Å². The van der Waals surface area contributed by atoms with E-state index in [1.807, 2.05) is 0 Å². The Labute approximate surface area is 289 Å². The van der Waals surface area contributed by atoms with Crippen LogP contribution in [0.1, 0.15) is 174 Å². The minimum Gasteiger partial charge on any atom is -0.457 e. The first-order valence-corrected chi connectivity index (χ1v) is 20.8. The highest BCUT2D eigenvalue weighted by molar-refractivity contribution is 7.47. The molecule has 2 unspecified atom stereocenters. The predicted molar refractivity (Wildman–Crippen MR) is 197 cm³/mol. The number of ether oxygens (including phenoxy) is 2. The van der Waals surface area contributed by atoms with E-state index >= 15 is 0 Å². The lowest BCUT2D eigenvalue weighted by Gasteiger charge is -2.20. The van der Waals surface area contributed by atoms with Gasteiger partial charge in [0.25, 0.3) is 0 Å². The summed E-state index contributed by atoms with van der Waals surface area (Å²) in [6.07, 6.45) is 37.5. The molecule has 0 saturated heterocycles. The predicted octanol–water partition coefficient (Wildman–Crippen LogP) is 10.9. The van der Waals surface area contributed by atoms with Gasteiger partial charge in [0.2, 0.25) is 0 Å². The van der Waals surface area contributed by atoms with Crippen LogP contribution in [0, 0.1) is 0 Å². The van der Waals surface area contributed by atoms with Gasteiger partial charge < -0.3 is 20.1 Å². The molecule has 0 rings (SSSR count). The summed E-state index contributed by atoms with van der Waals surface area (Å²) in [5.74, 6) is -0.335. The fraction of sp³-hybridized carbons (Fsp3) is 0.868. The first-order valence-electron chi connectivity index (χ1n) is 19.3. The van der Waals surface area contributed by atoms with Crippen LogP contribution in [0.2, 0.25) is 0 Å². The SMILES string of the molecule is CCCCC/C=C\C/C=C\CCCCCCCCOCC(COP(=O)(O)OCCN)OC(=O)CCCCCCCCCCCCCC. The molecule has 0 amide bonds. The quantitative estimate of drug-likeness (QED) is 0.0287. The second-order valence-corrected chi connectivity index (χ2v) is 14.2. The lowest BCUT2D eigenvalue weighted by atomic mass is 10.0. The topological polar surface area (TPSA) is 117 Å². The Balaban J connectivity index is 4.08. The zero-order valence-electron chi connectivity index (χ0n) is 30.5. The van der Waals surface area contributed by atoms with Crippen molar-refractivity contribution in [1.82, 2.24) is 0 Å². The number of phosphoric acid groups is 1. The smallest absolute Gasteiger partial charge is 0.457 e. The third kappa shape index (κ3) is 36.1. The maximum atomic E-state index is 12.5. The van der Waals surface area contributed by atoms with Crippen molar-refractivity contribution in [3.8, 4) is 0 Å². The Hall–Kier alpha value is -1.02. The van der Waals surface area contributed by atoms with Gasteiger partial charge in [-0.1, -0.05) is 147 Å². The number of allylic oxidation sites excluding steroid dienone is 4. The molecule has 278 valence electrons. The molecule has 0 heterocycles. The van der Waals surface area contributed by atoms with Gasteiger partial charge in [0.15, 0.2) is 0 Å². The van der Waals surface area contributed by atoms with Crippen LogP contribution < -0.4 is 5.73 Å². The van der Waals surface area contributed by atoms with Crippen LogP contribution in [0.15, 0.2) is 24.3 Å². The summed E-state index contributed by atoms with van der Waals surface area (Å²) in [6.45, 7) is 4.87. The fourth-order valence-corrected chi connectivity index (χ4v) is 6.03. The van der Waals surface area contributed by atoms with Crippen molar-refractivity contribution in [1.29, 1.82) is 0 Å². The van der Waals surface area contributed by atoms with Crippen LogP contribution in [0.3, 0.4) is 0 Å². The monoisotopic (exact) mass is 688 g/mol. The molecule has 2 atom stereocenters. The van der Waals surface area contributed by atoms with Crippen LogP contribution in [-0.2, 0) is 27.9 Å². The van der Waals surface area contributed by atoms with Gasteiger partial charge in [0.1, 0.15) is 6.10 Å². The van der Waals surface area contributed by atoms with Gasteiger partial charge in [-0.2, -0.15) is 0 Å². The Morgan fingerprint density at radius 1 is 0.638 bits per heavy atom. The molecule has 0 spiro atoms. The van der Waals surface area contributed by atoms with Crippen LogP contribution >= 0.6 is 7.82 Å². The molecule has 0 aliphatic heterocycles. The molecule has 0 aliphatic rings. The maximum absolute atomic E-state index is 12.5. The van der Waals surface area contributed by atoms with Crippen LogP contribution in [0.25, 0.3) is 0 Å². The van der Waals surface area contributed by atoms with Crippen molar-refractivity contribution in [2.45, 2.75) is 180 Å². The third-order valence-corrected chi connectivity index (χ3v) is 9.11. The van der Waals surface area contributed by atoms with Gasteiger partial charge >= 0.3 is 13.8 Å². The summed E-state index contributed by atoms with van der Waals surface area (Å²) in [4.78, 5) is 22.4. The molecule has 8 nitrogen and oxygen atoms in total. The van der Waals surface area contributed by atoms with Crippen molar-refractivity contribution in [3.05, 3.63) is 24.3 Å². The highest BCUT2D eigenvalue weighted by Gasteiger charge is 2.25. The second kappa shape index (κ2) is 36.3. The molecular weight excluding hydrogens is 613 g/mol. The van der Waals surface area contributed by atoms with E-state index in [1.54, 1.807) is 0 Å². The number of phosphoric ester groups is 1. The number of hydrogen-bond donors (Lipinski definition) is 2. The average Bonchev–Trinajstić information content (AvgIpc) is 3.06. The molecule has 0 fully saturated rings. The third-order valence-electron chi connectivity index (χ3n) is 8.12. The van der Waals surface area contributed by atoms with Crippen LogP contribution in [0.5, 0.6) is 0 Å². The number of carbonyl (C=O) groups is 1. The zero-order valence-corrected chi connectivity index (χ0v) is 31.4. The van der Waals surface area contributed by atoms with Crippen LogP contribution in [-0.4, -0.2) is 49.9 Å². The summed E-state index contributed by atoms with van der Waals surface area (Å²) in [7, 11) is -4.27. The number of unbranched alkanes of at least 4 members (excludes halogenated alkanes) is 20. The molecule has 3 N–H and O–H groups in total. The zero-order chi connectivity index (χ0) is 34.5.